The van der Waals surface area contributed by atoms with E-state index in [2.05, 4.69) is 5.32 Å². The van der Waals surface area contributed by atoms with E-state index in [1.165, 1.54) is 0 Å². The minimum atomic E-state index is -0.412. The van der Waals surface area contributed by atoms with Crippen LogP contribution in [-0.2, 0) is 16.1 Å². The van der Waals surface area contributed by atoms with Gasteiger partial charge in [-0.3, -0.25) is 4.79 Å². The molecule has 2 aliphatic rings. The average molecular weight is 320 g/mol. The Morgan fingerprint density at radius 3 is 2.78 bits per heavy atom. The topological polar surface area (TPSA) is 60.0 Å². The Kier molecular flexibility index (Phi) is 4.73. The summed E-state index contributed by atoms with van der Waals surface area (Å²) in [4.78, 5) is 14.8. The molecule has 126 valence electrons. The number of rotatable bonds is 5. The molecular formula is C17H24N2O4. The lowest BCUT2D eigenvalue weighted by Gasteiger charge is -2.38. The second-order valence-corrected chi connectivity index (χ2v) is 6.31. The molecule has 1 aromatic rings. The van der Waals surface area contributed by atoms with Crippen molar-refractivity contribution in [3.63, 3.8) is 0 Å². The first-order valence-corrected chi connectivity index (χ1v) is 7.98. The highest BCUT2D eigenvalue weighted by molar-refractivity contribution is 5.83. The standard InChI is InChI=1S/C17H24N2O4/c1-19(10-13-3-4-14-15(9-13)23-12-22-14)16(20)17(11-21-2)5-7-18-8-6-17/h3-4,9,18H,5-8,10-12H2,1-2H3. The highest BCUT2D eigenvalue weighted by Gasteiger charge is 2.41. The first-order valence-electron chi connectivity index (χ1n) is 7.98. The van der Waals surface area contributed by atoms with Crippen LogP contribution < -0.4 is 14.8 Å². The molecule has 3 rings (SSSR count). The van der Waals surface area contributed by atoms with E-state index in [-0.39, 0.29) is 12.7 Å². The van der Waals surface area contributed by atoms with Crippen LogP contribution in [0.25, 0.3) is 0 Å². The van der Waals surface area contributed by atoms with Crippen molar-refractivity contribution in [2.24, 2.45) is 5.41 Å². The lowest BCUT2D eigenvalue weighted by molar-refractivity contribution is -0.146. The van der Waals surface area contributed by atoms with Gasteiger partial charge in [0.1, 0.15) is 0 Å². The van der Waals surface area contributed by atoms with Gasteiger partial charge in [-0.15, -0.1) is 0 Å². The zero-order valence-electron chi connectivity index (χ0n) is 13.8. The zero-order chi connectivity index (χ0) is 16.3. The third kappa shape index (κ3) is 3.28. The molecule has 6 heteroatoms. The molecule has 0 radical (unpaired) electrons. The van der Waals surface area contributed by atoms with Crippen molar-refractivity contribution in [3.05, 3.63) is 23.8 Å². The Bertz CT molecular complexity index is 564. The molecule has 0 aliphatic carbocycles. The maximum atomic E-state index is 13.0. The molecule has 1 amide bonds. The SMILES string of the molecule is COCC1(C(=O)N(C)Cc2ccc3c(c2)OCO3)CCNCC1. The Balaban J connectivity index is 1.71. The van der Waals surface area contributed by atoms with Crippen LogP contribution in [0.1, 0.15) is 18.4 Å². The average Bonchev–Trinajstić information content (AvgIpc) is 3.03. The van der Waals surface area contributed by atoms with Crippen LogP contribution in [0.15, 0.2) is 18.2 Å². The van der Waals surface area contributed by atoms with Crippen molar-refractivity contribution in [2.75, 3.05) is 40.6 Å². The molecule has 0 atom stereocenters. The largest absolute Gasteiger partial charge is 0.454 e. The van der Waals surface area contributed by atoms with E-state index in [0.717, 1.165) is 43.0 Å². The summed E-state index contributed by atoms with van der Waals surface area (Å²) >= 11 is 0. The number of piperidine rings is 1. The summed E-state index contributed by atoms with van der Waals surface area (Å²) < 4.78 is 16.1. The fourth-order valence-electron chi connectivity index (χ4n) is 3.39. The second kappa shape index (κ2) is 6.76. The number of methoxy groups -OCH3 is 1. The van der Waals surface area contributed by atoms with E-state index >= 15 is 0 Å². The van der Waals surface area contributed by atoms with E-state index in [1.54, 1.807) is 12.0 Å². The van der Waals surface area contributed by atoms with Crippen LogP contribution in [0, 0.1) is 5.41 Å². The van der Waals surface area contributed by atoms with Crippen LogP contribution in [-0.4, -0.2) is 51.5 Å². The summed E-state index contributed by atoms with van der Waals surface area (Å²) in [6.45, 7) is 2.99. The third-order valence-corrected chi connectivity index (χ3v) is 4.64. The first kappa shape index (κ1) is 16.1. The van der Waals surface area contributed by atoms with Crippen LogP contribution in [0.4, 0.5) is 0 Å². The van der Waals surface area contributed by atoms with Gasteiger partial charge < -0.3 is 24.4 Å². The lowest BCUT2D eigenvalue weighted by atomic mass is 9.78. The van der Waals surface area contributed by atoms with Gasteiger partial charge in [-0.1, -0.05) is 6.07 Å². The van der Waals surface area contributed by atoms with Gasteiger partial charge in [-0.2, -0.15) is 0 Å². The van der Waals surface area contributed by atoms with Crippen LogP contribution in [0.2, 0.25) is 0 Å². The maximum absolute atomic E-state index is 13.0. The molecule has 1 aromatic carbocycles. The van der Waals surface area contributed by atoms with Gasteiger partial charge in [-0.05, 0) is 43.6 Å². The van der Waals surface area contributed by atoms with Crippen molar-refractivity contribution in [1.82, 2.24) is 10.2 Å². The molecule has 0 bridgehead atoms. The summed E-state index contributed by atoms with van der Waals surface area (Å²) in [6.07, 6.45) is 1.62. The Hall–Kier alpha value is -1.79. The summed E-state index contributed by atoms with van der Waals surface area (Å²) in [5, 5.41) is 3.31. The van der Waals surface area contributed by atoms with Gasteiger partial charge in [0.2, 0.25) is 12.7 Å². The Morgan fingerprint density at radius 2 is 2.04 bits per heavy atom. The quantitative estimate of drug-likeness (QED) is 0.888. The Labute approximate surface area is 136 Å². The first-order chi connectivity index (χ1) is 11.1. The van der Waals surface area contributed by atoms with Crippen molar-refractivity contribution in [1.29, 1.82) is 0 Å². The number of hydrogen-bond donors (Lipinski definition) is 1. The number of nitrogens with zero attached hydrogens (tertiary/aromatic N) is 1. The van der Waals surface area contributed by atoms with Gasteiger partial charge in [-0.25, -0.2) is 0 Å². The highest BCUT2D eigenvalue weighted by atomic mass is 16.7. The number of amides is 1. The molecule has 1 N–H and O–H groups in total. The molecule has 0 spiro atoms. The van der Waals surface area contributed by atoms with E-state index in [9.17, 15) is 4.79 Å². The molecular weight excluding hydrogens is 296 g/mol. The summed E-state index contributed by atoms with van der Waals surface area (Å²) in [5.41, 5.74) is 0.622. The molecule has 2 heterocycles. The highest BCUT2D eigenvalue weighted by Crippen LogP contribution is 2.34. The number of fused-ring (bicyclic) bond motifs is 1. The minimum absolute atomic E-state index is 0.151. The number of hydrogen-bond acceptors (Lipinski definition) is 5. The van der Waals surface area contributed by atoms with E-state index in [0.29, 0.717) is 13.2 Å². The molecule has 0 saturated carbocycles. The van der Waals surface area contributed by atoms with Crippen LogP contribution in [0.5, 0.6) is 11.5 Å². The minimum Gasteiger partial charge on any atom is -0.454 e. The number of benzene rings is 1. The van der Waals surface area contributed by atoms with Crippen LogP contribution in [0.3, 0.4) is 0 Å². The van der Waals surface area contributed by atoms with Gasteiger partial charge in [0, 0.05) is 20.7 Å². The molecule has 1 saturated heterocycles. The zero-order valence-corrected chi connectivity index (χ0v) is 13.8. The Morgan fingerprint density at radius 1 is 1.30 bits per heavy atom. The van der Waals surface area contributed by atoms with Gasteiger partial charge in [0.25, 0.3) is 0 Å². The fraction of sp³-hybridized carbons (Fsp3) is 0.588. The smallest absolute Gasteiger partial charge is 0.231 e. The molecule has 23 heavy (non-hydrogen) atoms. The van der Waals surface area contributed by atoms with Crippen LogP contribution >= 0.6 is 0 Å². The third-order valence-electron chi connectivity index (χ3n) is 4.64. The van der Waals surface area contributed by atoms with Gasteiger partial charge >= 0.3 is 0 Å². The van der Waals surface area contributed by atoms with Crippen molar-refractivity contribution < 1.29 is 19.0 Å². The number of carbonyl (C=O) groups excluding carboxylic acids is 1. The predicted octanol–water partition coefficient (Wildman–Crippen LogP) is 1.39. The van der Waals surface area contributed by atoms with Gasteiger partial charge in [0.15, 0.2) is 11.5 Å². The fourth-order valence-corrected chi connectivity index (χ4v) is 3.39. The summed E-state index contributed by atoms with van der Waals surface area (Å²) in [6, 6.07) is 5.81. The van der Waals surface area contributed by atoms with Gasteiger partial charge in [0.05, 0.1) is 12.0 Å². The molecule has 2 aliphatic heterocycles. The molecule has 0 unspecified atom stereocenters. The van der Waals surface area contributed by atoms with Crippen molar-refractivity contribution in [2.45, 2.75) is 19.4 Å². The van der Waals surface area contributed by atoms with E-state index < -0.39 is 5.41 Å². The summed E-state index contributed by atoms with van der Waals surface area (Å²) in [7, 11) is 3.52. The lowest BCUT2D eigenvalue weighted by Crippen LogP contribution is -2.50. The van der Waals surface area contributed by atoms with Crippen molar-refractivity contribution in [3.8, 4) is 11.5 Å². The number of nitrogens with one attached hydrogen (secondary N) is 1. The molecule has 0 aromatic heterocycles. The number of ether oxygens (including phenoxy) is 3. The maximum Gasteiger partial charge on any atom is 0.231 e. The molecule has 6 nitrogen and oxygen atoms in total. The van der Waals surface area contributed by atoms with Crippen molar-refractivity contribution >= 4 is 5.91 Å². The number of carbonyl (C=O) groups is 1. The monoisotopic (exact) mass is 320 g/mol. The normalized spacial score (nSPS) is 18.7. The summed E-state index contributed by atoms with van der Waals surface area (Å²) in [5.74, 6) is 1.66. The second-order valence-electron chi connectivity index (χ2n) is 6.31. The predicted molar refractivity (Wildman–Crippen MR) is 85.5 cm³/mol. The molecule has 1 fully saturated rings. The van der Waals surface area contributed by atoms with E-state index in [4.69, 9.17) is 14.2 Å². The van der Waals surface area contributed by atoms with E-state index in [1.807, 2.05) is 25.2 Å².